The summed E-state index contributed by atoms with van der Waals surface area (Å²) in [4.78, 5) is 17.5. The number of aliphatic imine (C=N–C) groups is 1. The first-order valence-corrected chi connectivity index (χ1v) is 12.3. The zero-order valence-corrected chi connectivity index (χ0v) is 21.3. The van der Waals surface area contributed by atoms with E-state index in [9.17, 15) is 4.79 Å². The highest BCUT2D eigenvalue weighted by atomic mass is 35.5. The smallest absolute Gasteiger partial charge is 0.264 e. The Kier molecular flexibility index (Phi) is 8.23. The number of benzene rings is 3. The molecular formula is C26H22Cl2N2O4S. The van der Waals surface area contributed by atoms with Gasteiger partial charge in [0.2, 0.25) is 0 Å². The number of halogens is 2. The number of hydrogen-bond donors (Lipinski definition) is 1. The van der Waals surface area contributed by atoms with Gasteiger partial charge in [0.25, 0.3) is 5.91 Å². The number of carbonyl (C=O) groups is 1. The number of nitrogens with zero attached hydrogens (tertiary/aromatic N) is 1. The van der Waals surface area contributed by atoms with Crippen molar-refractivity contribution in [2.45, 2.75) is 13.5 Å². The Morgan fingerprint density at radius 3 is 2.51 bits per heavy atom. The van der Waals surface area contributed by atoms with Crippen LogP contribution < -0.4 is 19.5 Å². The molecule has 1 aliphatic rings. The molecule has 35 heavy (non-hydrogen) atoms. The largest absolute Gasteiger partial charge is 0.494 e. The van der Waals surface area contributed by atoms with Crippen molar-refractivity contribution in [3.63, 3.8) is 0 Å². The fraction of sp³-hybridized carbons (Fsp3) is 0.154. The van der Waals surface area contributed by atoms with Gasteiger partial charge in [-0.25, -0.2) is 4.99 Å². The first-order valence-electron chi connectivity index (χ1n) is 10.7. The summed E-state index contributed by atoms with van der Waals surface area (Å²) in [5.41, 5.74) is 2.23. The number of methoxy groups -OCH3 is 1. The standard InChI is InChI=1S/C26H22Cl2N2O4S/c1-3-33-19-10-8-18(9-11-19)29-26-30-25(31)23(35-26)14-16-12-21(28)24(22(13-16)32-2)34-15-17-6-4-5-7-20(17)27/h4-14H,3,15H2,1-2H3,(H,29,30,31)/b23-14+. The molecule has 1 amide bonds. The topological polar surface area (TPSA) is 69.2 Å². The number of thioether (sulfide) groups is 1. The molecule has 0 saturated carbocycles. The number of ether oxygens (including phenoxy) is 3. The molecule has 0 aromatic heterocycles. The Labute approximate surface area is 217 Å². The Morgan fingerprint density at radius 1 is 1.03 bits per heavy atom. The summed E-state index contributed by atoms with van der Waals surface area (Å²) in [7, 11) is 1.53. The Bertz CT molecular complexity index is 1290. The first-order chi connectivity index (χ1) is 17.0. The molecule has 4 rings (SSSR count). The molecular weight excluding hydrogens is 507 g/mol. The van der Waals surface area contributed by atoms with Crippen LogP contribution in [0.2, 0.25) is 10.0 Å². The lowest BCUT2D eigenvalue weighted by atomic mass is 10.1. The zero-order valence-electron chi connectivity index (χ0n) is 19.0. The molecule has 1 aliphatic heterocycles. The van der Waals surface area contributed by atoms with Gasteiger partial charge in [-0.3, -0.25) is 4.79 Å². The minimum atomic E-state index is -0.242. The van der Waals surface area contributed by atoms with E-state index in [1.807, 2.05) is 49.4 Å². The minimum Gasteiger partial charge on any atom is -0.494 e. The molecule has 6 nitrogen and oxygen atoms in total. The second-order valence-corrected chi connectivity index (χ2v) is 9.17. The number of rotatable bonds is 8. The van der Waals surface area contributed by atoms with E-state index >= 15 is 0 Å². The second-order valence-electron chi connectivity index (χ2n) is 7.32. The lowest BCUT2D eigenvalue weighted by Crippen LogP contribution is -2.19. The molecule has 0 bridgehead atoms. The van der Waals surface area contributed by atoms with Crippen molar-refractivity contribution in [2.24, 2.45) is 4.99 Å². The van der Waals surface area contributed by atoms with Crippen LogP contribution in [0.3, 0.4) is 0 Å². The summed E-state index contributed by atoms with van der Waals surface area (Å²) >= 11 is 14.0. The van der Waals surface area contributed by atoms with Crippen molar-refractivity contribution < 1.29 is 19.0 Å². The van der Waals surface area contributed by atoms with Gasteiger partial charge in [-0.2, -0.15) is 0 Å². The molecule has 1 N–H and O–H groups in total. The second kappa shape index (κ2) is 11.5. The van der Waals surface area contributed by atoms with Gasteiger partial charge < -0.3 is 19.5 Å². The van der Waals surface area contributed by atoms with Gasteiger partial charge in [-0.15, -0.1) is 0 Å². The quantitative estimate of drug-likeness (QED) is 0.323. The van der Waals surface area contributed by atoms with Crippen molar-refractivity contribution in [3.8, 4) is 17.2 Å². The van der Waals surface area contributed by atoms with E-state index in [1.165, 1.54) is 18.9 Å². The summed E-state index contributed by atoms with van der Waals surface area (Å²) in [6.07, 6.45) is 1.73. The van der Waals surface area contributed by atoms with Crippen LogP contribution >= 0.6 is 35.0 Å². The van der Waals surface area contributed by atoms with Crippen molar-refractivity contribution in [2.75, 3.05) is 13.7 Å². The Morgan fingerprint density at radius 2 is 1.80 bits per heavy atom. The number of hydrogen-bond acceptors (Lipinski definition) is 6. The van der Waals surface area contributed by atoms with Crippen LogP contribution in [0.25, 0.3) is 6.08 Å². The van der Waals surface area contributed by atoms with E-state index in [4.69, 9.17) is 37.4 Å². The summed E-state index contributed by atoms with van der Waals surface area (Å²) in [6, 6.07) is 18.2. The average molecular weight is 529 g/mol. The zero-order chi connectivity index (χ0) is 24.8. The van der Waals surface area contributed by atoms with E-state index in [0.29, 0.717) is 49.5 Å². The number of amides is 1. The van der Waals surface area contributed by atoms with E-state index in [-0.39, 0.29) is 12.5 Å². The summed E-state index contributed by atoms with van der Waals surface area (Å²) in [5.74, 6) is 1.37. The third-order valence-electron chi connectivity index (χ3n) is 4.91. The Balaban J connectivity index is 1.51. The third-order valence-corrected chi connectivity index (χ3v) is 6.47. The van der Waals surface area contributed by atoms with E-state index < -0.39 is 0 Å². The van der Waals surface area contributed by atoms with Gasteiger partial charge in [0.15, 0.2) is 16.7 Å². The van der Waals surface area contributed by atoms with Gasteiger partial charge in [-0.05, 0) is 72.8 Å². The molecule has 1 saturated heterocycles. The normalized spacial score (nSPS) is 15.4. The first kappa shape index (κ1) is 25.0. The number of carbonyl (C=O) groups excluding carboxylic acids is 1. The lowest BCUT2D eigenvalue weighted by Gasteiger charge is -2.14. The predicted molar refractivity (Wildman–Crippen MR) is 142 cm³/mol. The van der Waals surface area contributed by atoms with Crippen LogP contribution in [-0.2, 0) is 11.4 Å². The predicted octanol–water partition coefficient (Wildman–Crippen LogP) is 6.87. The van der Waals surface area contributed by atoms with Crippen molar-refractivity contribution in [1.29, 1.82) is 0 Å². The molecule has 1 heterocycles. The SMILES string of the molecule is CCOc1ccc(N=C2NC(=O)/C(=C\c3cc(Cl)c(OCc4ccccc4Cl)c(OC)c3)S2)cc1. The highest BCUT2D eigenvalue weighted by Crippen LogP contribution is 2.39. The van der Waals surface area contributed by atoms with Crippen LogP contribution in [-0.4, -0.2) is 24.8 Å². The summed E-state index contributed by atoms with van der Waals surface area (Å²) in [6.45, 7) is 2.76. The van der Waals surface area contributed by atoms with Crippen LogP contribution in [0.5, 0.6) is 17.2 Å². The molecule has 3 aromatic carbocycles. The van der Waals surface area contributed by atoms with Gasteiger partial charge in [-0.1, -0.05) is 41.4 Å². The number of amidine groups is 1. The van der Waals surface area contributed by atoms with Crippen molar-refractivity contribution >= 4 is 57.8 Å². The van der Waals surface area contributed by atoms with Gasteiger partial charge in [0.1, 0.15) is 12.4 Å². The monoisotopic (exact) mass is 528 g/mol. The molecule has 3 aromatic rings. The maximum Gasteiger partial charge on any atom is 0.264 e. The Hall–Kier alpha value is -3.13. The molecule has 9 heteroatoms. The summed E-state index contributed by atoms with van der Waals surface area (Å²) in [5, 5.41) is 4.24. The van der Waals surface area contributed by atoms with Crippen LogP contribution in [0.1, 0.15) is 18.1 Å². The third kappa shape index (κ3) is 6.31. The van der Waals surface area contributed by atoms with E-state index in [1.54, 1.807) is 24.3 Å². The average Bonchev–Trinajstić information content (AvgIpc) is 3.18. The van der Waals surface area contributed by atoms with Crippen LogP contribution in [0, 0.1) is 0 Å². The molecule has 180 valence electrons. The van der Waals surface area contributed by atoms with Gasteiger partial charge >= 0.3 is 0 Å². The minimum absolute atomic E-state index is 0.236. The highest BCUT2D eigenvalue weighted by molar-refractivity contribution is 8.18. The number of nitrogens with one attached hydrogen (secondary N) is 1. The van der Waals surface area contributed by atoms with Gasteiger partial charge in [0.05, 0.1) is 29.3 Å². The fourth-order valence-corrected chi connectivity index (χ4v) is 4.57. The van der Waals surface area contributed by atoms with E-state index in [2.05, 4.69) is 10.3 Å². The molecule has 0 radical (unpaired) electrons. The van der Waals surface area contributed by atoms with Gasteiger partial charge in [0, 0.05) is 10.6 Å². The van der Waals surface area contributed by atoms with Crippen molar-refractivity contribution in [3.05, 3.63) is 86.7 Å². The molecule has 1 fully saturated rings. The maximum absolute atomic E-state index is 12.5. The lowest BCUT2D eigenvalue weighted by molar-refractivity contribution is -0.115. The van der Waals surface area contributed by atoms with Crippen LogP contribution in [0.15, 0.2) is 70.6 Å². The highest BCUT2D eigenvalue weighted by Gasteiger charge is 2.24. The van der Waals surface area contributed by atoms with E-state index in [0.717, 1.165) is 11.3 Å². The molecule has 0 unspecified atom stereocenters. The fourth-order valence-electron chi connectivity index (χ4n) is 3.26. The molecule has 0 aliphatic carbocycles. The molecule has 0 spiro atoms. The molecule has 0 atom stereocenters. The van der Waals surface area contributed by atoms with Crippen LogP contribution in [0.4, 0.5) is 5.69 Å². The maximum atomic E-state index is 12.5. The van der Waals surface area contributed by atoms with Crippen molar-refractivity contribution in [1.82, 2.24) is 5.32 Å². The summed E-state index contributed by atoms with van der Waals surface area (Å²) < 4.78 is 16.8.